The molecule has 2 bridgehead atoms. The van der Waals surface area contributed by atoms with Gasteiger partial charge in [0.15, 0.2) is 0 Å². The summed E-state index contributed by atoms with van der Waals surface area (Å²) in [5.74, 6) is 0.731. The van der Waals surface area contributed by atoms with Crippen LogP contribution >= 0.6 is 36.2 Å². The molecule has 5 rings (SSSR count). The van der Waals surface area contributed by atoms with Crippen molar-refractivity contribution in [3.8, 4) is 10.4 Å². The Labute approximate surface area is 176 Å². The van der Waals surface area contributed by atoms with E-state index >= 15 is 0 Å². The SMILES string of the molecule is Cl.Cl.OC[C@H]1[C@H]2CN(Cc3ccc(-c4ccccc4)s3)C[C@]23CNC[C@H]1O3. The summed E-state index contributed by atoms with van der Waals surface area (Å²) in [6.07, 6.45) is 0.192. The van der Waals surface area contributed by atoms with E-state index in [1.807, 2.05) is 11.3 Å². The summed E-state index contributed by atoms with van der Waals surface area (Å²) in [5, 5.41) is 13.4. The highest BCUT2D eigenvalue weighted by Crippen LogP contribution is 2.47. The fraction of sp³-hybridized carbons (Fsp3) is 0.500. The third-order valence-corrected chi connectivity index (χ3v) is 7.20. The Hall–Kier alpha value is -0.660. The highest BCUT2D eigenvalue weighted by atomic mass is 35.5. The van der Waals surface area contributed by atoms with E-state index in [2.05, 4.69) is 52.7 Å². The summed E-state index contributed by atoms with van der Waals surface area (Å²) in [5.41, 5.74) is 1.20. The molecule has 27 heavy (non-hydrogen) atoms. The molecule has 4 heterocycles. The lowest BCUT2D eigenvalue weighted by Gasteiger charge is -2.34. The van der Waals surface area contributed by atoms with Crippen LogP contribution in [0.15, 0.2) is 42.5 Å². The minimum atomic E-state index is -0.0875. The molecular weight excluding hydrogens is 403 g/mol. The predicted octanol–water partition coefficient (Wildman–Crippen LogP) is 3.04. The number of hydrogen-bond acceptors (Lipinski definition) is 5. The van der Waals surface area contributed by atoms with Crippen LogP contribution in [0.2, 0.25) is 0 Å². The molecule has 1 aromatic heterocycles. The molecule has 1 spiro atoms. The molecule has 148 valence electrons. The lowest BCUT2D eigenvalue weighted by molar-refractivity contribution is -0.0746. The Bertz CT molecular complexity index is 759. The van der Waals surface area contributed by atoms with E-state index in [0.29, 0.717) is 5.92 Å². The van der Waals surface area contributed by atoms with Crippen molar-refractivity contribution < 1.29 is 9.84 Å². The number of hydrogen-bond donors (Lipinski definition) is 2. The highest BCUT2D eigenvalue weighted by Gasteiger charge is 2.60. The van der Waals surface area contributed by atoms with Crippen molar-refractivity contribution >= 4 is 36.2 Å². The van der Waals surface area contributed by atoms with Gasteiger partial charge in [0.25, 0.3) is 0 Å². The number of likely N-dealkylation sites (tertiary alicyclic amines) is 1. The van der Waals surface area contributed by atoms with Gasteiger partial charge in [-0.25, -0.2) is 0 Å². The average molecular weight is 429 g/mol. The molecule has 3 aliphatic rings. The Morgan fingerprint density at radius 3 is 2.78 bits per heavy atom. The van der Waals surface area contributed by atoms with Crippen LogP contribution in [-0.4, -0.2) is 54.5 Å². The fourth-order valence-corrected chi connectivity index (χ4v) is 6.01. The second-order valence-corrected chi connectivity index (χ2v) is 8.77. The largest absolute Gasteiger partial charge is 0.396 e. The van der Waals surface area contributed by atoms with Crippen LogP contribution < -0.4 is 5.32 Å². The Morgan fingerprint density at radius 2 is 2.00 bits per heavy atom. The van der Waals surface area contributed by atoms with Gasteiger partial charge >= 0.3 is 0 Å². The van der Waals surface area contributed by atoms with E-state index in [9.17, 15) is 5.11 Å². The number of nitrogens with zero attached hydrogens (tertiary/aromatic N) is 1. The minimum absolute atomic E-state index is 0. The first-order chi connectivity index (χ1) is 12.3. The number of benzene rings is 1. The molecule has 3 saturated heterocycles. The van der Waals surface area contributed by atoms with Gasteiger partial charge < -0.3 is 15.2 Å². The van der Waals surface area contributed by atoms with Gasteiger partial charge in [0, 0.05) is 60.9 Å². The van der Waals surface area contributed by atoms with Crippen LogP contribution in [0.1, 0.15) is 4.88 Å². The molecule has 0 amide bonds. The number of nitrogens with one attached hydrogen (secondary N) is 1. The molecule has 4 atom stereocenters. The van der Waals surface area contributed by atoms with Gasteiger partial charge in [-0.2, -0.15) is 0 Å². The number of rotatable bonds is 4. The number of thiophene rings is 1. The standard InChI is InChI=1S/C20H24N2O2S.2ClH/c23-11-16-17-10-22(13-20(17)12-21-8-18(16)24-20)9-15-6-7-19(25-15)14-4-2-1-3-5-14;;/h1-7,16-18,21,23H,8-13H2;2*1H/t16-,17+,18+,20+;;/m0../s1. The van der Waals surface area contributed by atoms with Crippen molar-refractivity contribution in [1.82, 2.24) is 10.2 Å². The summed E-state index contributed by atoms with van der Waals surface area (Å²) in [6.45, 7) is 5.01. The first-order valence-electron chi connectivity index (χ1n) is 9.13. The first-order valence-corrected chi connectivity index (χ1v) is 9.95. The van der Waals surface area contributed by atoms with Crippen molar-refractivity contribution in [2.75, 3.05) is 32.8 Å². The van der Waals surface area contributed by atoms with Crippen molar-refractivity contribution in [3.63, 3.8) is 0 Å². The van der Waals surface area contributed by atoms with Crippen molar-refractivity contribution in [2.45, 2.75) is 18.2 Å². The van der Waals surface area contributed by atoms with Gasteiger partial charge in [-0.3, -0.25) is 4.90 Å². The molecule has 2 aromatic rings. The summed E-state index contributed by atoms with van der Waals surface area (Å²) in [4.78, 5) is 5.24. The minimum Gasteiger partial charge on any atom is -0.396 e. The Kier molecular flexibility index (Phi) is 6.53. The van der Waals surface area contributed by atoms with Crippen LogP contribution in [0.25, 0.3) is 10.4 Å². The smallest absolute Gasteiger partial charge is 0.0981 e. The number of morpholine rings is 1. The number of aliphatic hydroxyl groups is 1. The summed E-state index contributed by atoms with van der Waals surface area (Å²) >= 11 is 1.88. The number of ether oxygens (including phenoxy) is 1. The molecule has 0 unspecified atom stereocenters. The second-order valence-electron chi connectivity index (χ2n) is 7.61. The molecule has 7 heteroatoms. The lowest BCUT2D eigenvalue weighted by Crippen LogP contribution is -2.52. The Balaban J connectivity index is 0.00000105. The highest BCUT2D eigenvalue weighted by molar-refractivity contribution is 7.15. The zero-order valence-electron chi connectivity index (χ0n) is 15.0. The monoisotopic (exact) mass is 428 g/mol. The normalized spacial score (nSPS) is 31.8. The van der Waals surface area contributed by atoms with Crippen LogP contribution in [-0.2, 0) is 11.3 Å². The number of halogens is 2. The van der Waals surface area contributed by atoms with Gasteiger partial charge in [0.2, 0.25) is 0 Å². The topological polar surface area (TPSA) is 44.7 Å². The maximum atomic E-state index is 9.84. The van der Waals surface area contributed by atoms with Gasteiger partial charge in [-0.15, -0.1) is 36.2 Å². The third kappa shape index (κ3) is 3.67. The number of aliphatic hydroxyl groups excluding tert-OH is 1. The zero-order chi connectivity index (χ0) is 16.9. The van der Waals surface area contributed by atoms with E-state index in [1.54, 1.807) is 0 Å². The van der Waals surface area contributed by atoms with E-state index in [0.717, 1.165) is 32.7 Å². The molecule has 3 fully saturated rings. The van der Waals surface area contributed by atoms with Crippen LogP contribution in [0.3, 0.4) is 0 Å². The van der Waals surface area contributed by atoms with E-state index < -0.39 is 0 Å². The first kappa shape index (κ1) is 21.1. The molecule has 3 aliphatic heterocycles. The van der Waals surface area contributed by atoms with Crippen molar-refractivity contribution in [2.24, 2.45) is 11.8 Å². The second kappa shape index (κ2) is 8.37. The lowest BCUT2D eigenvalue weighted by atomic mass is 9.83. The zero-order valence-corrected chi connectivity index (χ0v) is 17.5. The van der Waals surface area contributed by atoms with Gasteiger partial charge in [-0.1, -0.05) is 30.3 Å². The van der Waals surface area contributed by atoms with Gasteiger partial charge in [0.1, 0.15) is 0 Å². The van der Waals surface area contributed by atoms with E-state index in [-0.39, 0.29) is 49.0 Å². The van der Waals surface area contributed by atoms with Crippen LogP contribution in [0.4, 0.5) is 0 Å². The fourth-order valence-electron chi connectivity index (χ4n) is 4.96. The van der Waals surface area contributed by atoms with Gasteiger partial charge in [0.05, 0.1) is 11.7 Å². The van der Waals surface area contributed by atoms with Gasteiger partial charge in [-0.05, 0) is 17.7 Å². The predicted molar refractivity (Wildman–Crippen MR) is 114 cm³/mol. The number of fused-ring (bicyclic) bond motifs is 1. The van der Waals surface area contributed by atoms with E-state index in [1.165, 1.54) is 15.3 Å². The molecular formula is C20H26Cl2N2O2S. The summed E-state index contributed by atoms with van der Waals surface area (Å²) < 4.78 is 6.39. The molecule has 2 N–H and O–H groups in total. The van der Waals surface area contributed by atoms with Crippen molar-refractivity contribution in [3.05, 3.63) is 47.3 Å². The maximum absolute atomic E-state index is 9.84. The summed E-state index contributed by atoms with van der Waals surface area (Å²) in [7, 11) is 0. The quantitative estimate of drug-likeness (QED) is 0.785. The van der Waals surface area contributed by atoms with Crippen LogP contribution in [0, 0.1) is 11.8 Å². The Morgan fingerprint density at radius 1 is 1.19 bits per heavy atom. The van der Waals surface area contributed by atoms with Crippen molar-refractivity contribution in [1.29, 1.82) is 0 Å². The average Bonchev–Trinajstić information content (AvgIpc) is 3.27. The van der Waals surface area contributed by atoms with Crippen LogP contribution in [0.5, 0.6) is 0 Å². The molecule has 0 radical (unpaired) electrons. The molecule has 4 nitrogen and oxygen atoms in total. The molecule has 0 aliphatic carbocycles. The molecule has 0 saturated carbocycles. The third-order valence-electron chi connectivity index (χ3n) is 6.08. The summed E-state index contributed by atoms with van der Waals surface area (Å²) in [6, 6.07) is 15.1. The van der Waals surface area contributed by atoms with E-state index in [4.69, 9.17) is 4.74 Å². The molecule has 1 aromatic carbocycles. The maximum Gasteiger partial charge on any atom is 0.0981 e.